The van der Waals surface area contributed by atoms with Crippen LogP contribution in [-0.2, 0) is 9.53 Å². The summed E-state index contributed by atoms with van der Waals surface area (Å²) in [5.74, 6) is -0.861. The Balaban J connectivity index is 2.15. The molecule has 1 aromatic rings. The molecule has 0 spiro atoms. The van der Waals surface area contributed by atoms with Gasteiger partial charge >= 0.3 is 5.97 Å². The van der Waals surface area contributed by atoms with Crippen LogP contribution in [0.3, 0.4) is 0 Å². The molecule has 6 heteroatoms. The van der Waals surface area contributed by atoms with Crippen LogP contribution in [0.4, 0.5) is 4.39 Å². The van der Waals surface area contributed by atoms with Gasteiger partial charge in [-0.25, -0.2) is 14.2 Å². The molecule has 3 nitrogen and oxygen atoms in total. The van der Waals surface area contributed by atoms with Crippen molar-refractivity contribution in [2.75, 3.05) is 6.61 Å². The Kier molecular flexibility index (Phi) is 4.25. The lowest BCUT2D eigenvalue weighted by molar-refractivity contribution is -0.134. The van der Waals surface area contributed by atoms with E-state index in [0.29, 0.717) is 16.8 Å². The standard InChI is InChI=1S/C17H12BrClFNO2/c1-2-23-16(22)15-14(10-3-5-11(20)6-4-10)12-7-8-17(18,19)9-13(12)21-15/h3-9H,2H2,1H3. The summed E-state index contributed by atoms with van der Waals surface area (Å²) >= 11 is 9.58. The first-order chi connectivity index (χ1) is 10.9. The highest BCUT2D eigenvalue weighted by molar-refractivity contribution is 9.10. The predicted octanol–water partition coefficient (Wildman–Crippen LogP) is 4.38. The molecule has 1 aliphatic heterocycles. The highest BCUT2D eigenvalue weighted by Gasteiger charge is 2.33. The molecule has 0 bridgehead atoms. The maximum absolute atomic E-state index is 13.2. The monoisotopic (exact) mass is 395 g/mol. The van der Waals surface area contributed by atoms with Gasteiger partial charge in [0.15, 0.2) is 5.71 Å². The number of esters is 1. The number of hydrogen-bond acceptors (Lipinski definition) is 3. The number of benzene rings is 1. The number of carbonyl (C=O) groups excluding carboxylic acids is 1. The lowest BCUT2D eigenvalue weighted by Gasteiger charge is -2.16. The molecule has 2 aliphatic rings. The van der Waals surface area contributed by atoms with Gasteiger partial charge < -0.3 is 4.74 Å². The highest BCUT2D eigenvalue weighted by atomic mass is 79.9. The molecule has 1 aliphatic carbocycles. The van der Waals surface area contributed by atoms with Gasteiger partial charge in [0, 0.05) is 11.1 Å². The van der Waals surface area contributed by atoms with Crippen LogP contribution in [0.25, 0.3) is 5.57 Å². The van der Waals surface area contributed by atoms with Crippen molar-refractivity contribution in [3.63, 3.8) is 0 Å². The Labute approximate surface area is 146 Å². The fourth-order valence-electron chi connectivity index (χ4n) is 2.45. The van der Waals surface area contributed by atoms with Crippen molar-refractivity contribution in [1.29, 1.82) is 0 Å². The number of nitrogens with zero attached hydrogens (tertiary/aromatic N) is 1. The zero-order valence-electron chi connectivity index (χ0n) is 12.1. The molecular formula is C17H12BrClFNO2. The minimum absolute atomic E-state index is 0.200. The van der Waals surface area contributed by atoms with Gasteiger partial charge in [0.05, 0.1) is 12.3 Å². The first kappa shape index (κ1) is 16.1. The third kappa shape index (κ3) is 3.16. The van der Waals surface area contributed by atoms with E-state index in [-0.39, 0.29) is 18.1 Å². The molecule has 1 heterocycles. The fraction of sp³-hybridized carbons (Fsp3) is 0.176. The molecule has 0 saturated heterocycles. The minimum atomic E-state index is -0.840. The summed E-state index contributed by atoms with van der Waals surface area (Å²) in [6.07, 6.45) is 5.26. The summed E-state index contributed by atoms with van der Waals surface area (Å²) < 4.78 is 17.4. The van der Waals surface area contributed by atoms with Gasteiger partial charge in [-0.3, -0.25) is 0 Å². The van der Waals surface area contributed by atoms with E-state index >= 15 is 0 Å². The lowest BCUT2D eigenvalue weighted by Crippen LogP contribution is -2.17. The van der Waals surface area contributed by atoms with Gasteiger partial charge in [0.1, 0.15) is 9.60 Å². The molecular weight excluding hydrogens is 385 g/mol. The van der Waals surface area contributed by atoms with Gasteiger partial charge in [-0.2, -0.15) is 0 Å². The largest absolute Gasteiger partial charge is 0.461 e. The lowest BCUT2D eigenvalue weighted by atomic mass is 9.94. The molecule has 1 aromatic carbocycles. The summed E-state index contributed by atoms with van der Waals surface area (Å²) in [4.78, 5) is 16.6. The van der Waals surface area contributed by atoms with E-state index in [2.05, 4.69) is 20.9 Å². The summed E-state index contributed by atoms with van der Waals surface area (Å²) in [5, 5.41) is 0. The second kappa shape index (κ2) is 6.06. The number of aliphatic imine (C=N–C) groups is 1. The number of halogens is 3. The van der Waals surface area contributed by atoms with Gasteiger partial charge in [-0.05, 0) is 36.8 Å². The van der Waals surface area contributed by atoms with Crippen molar-refractivity contribution < 1.29 is 13.9 Å². The minimum Gasteiger partial charge on any atom is -0.461 e. The van der Waals surface area contributed by atoms with E-state index in [1.807, 2.05) is 0 Å². The third-order valence-electron chi connectivity index (χ3n) is 3.42. The molecule has 0 N–H and O–H groups in total. The summed E-state index contributed by atoms with van der Waals surface area (Å²) in [6, 6.07) is 5.91. The maximum atomic E-state index is 13.2. The molecule has 1 atom stereocenters. The van der Waals surface area contributed by atoms with E-state index in [0.717, 1.165) is 5.57 Å². The van der Waals surface area contributed by atoms with E-state index < -0.39 is 9.75 Å². The second-order valence-electron chi connectivity index (χ2n) is 5.01. The van der Waals surface area contributed by atoms with E-state index in [9.17, 15) is 9.18 Å². The van der Waals surface area contributed by atoms with E-state index in [1.54, 1.807) is 37.3 Å². The number of carbonyl (C=O) groups is 1. The summed E-state index contributed by atoms with van der Waals surface area (Å²) in [7, 11) is 0. The van der Waals surface area contributed by atoms with Crippen molar-refractivity contribution in [2.45, 2.75) is 10.7 Å². The number of ether oxygens (including phenoxy) is 1. The van der Waals surface area contributed by atoms with Crippen LogP contribution in [0.1, 0.15) is 12.5 Å². The number of rotatable bonds is 3. The average molecular weight is 397 g/mol. The Morgan fingerprint density at radius 3 is 2.74 bits per heavy atom. The van der Waals surface area contributed by atoms with Crippen LogP contribution in [0.2, 0.25) is 0 Å². The van der Waals surface area contributed by atoms with Crippen LogP contribution in [0.15, 0.2) is 58.8 Å². The summed E-state index contributed by atoms with van der Waals surface area (Å²) in [5.41, 5.74) is 2.85. The van der Waals surface area contributed by atoms with Crippen molar-refractivity contribution in [3.05, 3.63) is 65.1 Å². The smallest absolute Gasteiger partial charge is 0.357 e. The van der Waals surface area contributed by atoms with Crippen LogP contribution in [0.5, 0.6) is 0 Å². The zero-order chi connectivity index (χ0) is 16.6. The zero-order valence-corrected chi connectivity index (χ0v) is 14.5. The van der Waals surface area contributed by atoms with E-state index in [1.165, 1.54) is 12.1 Å². The number of allylic oxidation sites excluding steroid dienone is 3. The van der Waals surface area contributed by atoms with Crippen LogP contribution in [-0.4, -0.2) is 22.1 Å². The molecule has 0 aromatic heterocycles. The van der Waals surface area contributed by atoms with Gasteiger partial charge in [-0.15, -0.1) is 0 Å². The molecule has 0 radical (unpaired) electrons. The van der Waals surface area contributed by atoms with Crippen molar-refractivity contribution in [3.8, 4) is 0 Å². The molecule has 0 fully saturated rings. The highest BCUT2D eigenvalue weighted by Crippen LogP contribution is 2.41. The Bertz CT molecular complexity index is 791. The van der Waals surface area contributed by atoms with Crippen LogP contribution >= 0.6 is 27.5 Å². The Morgan fingerprint density at radius 2 is 2.09 bits per heavy atom. The first-order valence-corrected chi connectivity index (χ1v) is 8.15. The molecule has 118 valence electrons. The van der Waals surface area contributed by atoms with Gasteiger partial charge in [0.25, 0.3) is 0 Å². The van der Waals surface area contributed by atoms with Gasteiger partial charge in [0.2, 0.25) is 0 Å². The Hall–Kier alpha value is -1.72. The predicted molar refractivity (Wildman–Crippen MR) is 92.1 cm³/mol. The number of alkyl halides is 2. The quantitative estimate of drug-likeness (QED) is 0.562. The van der Waals surface area contributed by atoms with E-state index in [4.69, 9.17) is 16.3 Å². The number of fused-ring (bicyclic) bond motifs is 1. The molecule has 0 saturated carbocycles. The maximum Gasteiger partial charge on any atom is 0.357 e. The fourth-order valence-corrected chi connectivity index (χ4v) is 2.97. The third-order valence-corrected chi connectivity index (χ3v) is 4.15. The van der Waals surface area contributed by atoms with Crippen LogP contribution < -0.4 is 0 Å². The molecule has 23 heavy (non-hydrogen) atoms. The first-order valence-electron chi connectivity index (χ1n) is 6.98. The normalized spacial score (nSPS) is 22.6. The Morgan fingerprint density at radius 1 is 1.39 bits per heavy atom. The average Bonchev–Trinajstić information content (AvgIpc) is 2.85. The molecule has 0 amide bonds. The van der Waals surface area contributed by atoms with Crippen LogP contribution in [0, 0.1) is 5.82 Å². The van der Waals surface area contributed by atoms with Crippen molar-refractivity contribution in [2.24, 2.45) is 4.99 Å². The summed E-state index contributed by atoms with van der Waals surface area (Å²) in [6.45, 7) is 1.98. The number of hydrogen-bond donors (Lipinski definition) is 0. The topological polar surface area (TPSA) is 38.7 Å². The van der Waals surface area contributed by atoms with Crippen molar-refractivity contribution >= 4 is 44.8 Å². The van der Waals surface area contributed by atoms with Gasteiger partial charge in [-0.1, -0.05) is 45.7 Å². The van der Waals surface area contributed by atoms with Crippen molar-refractivity contribution in [1.82, 2.24) is 0 Å². The SMILES string of the molecule is CCOC(=O)C1=NC2=CC(Cl)(Br)C=CC2=C1c1ccc(F)cc1. The second-order valence-corrected chi connectivity index (χ2v) is 7.41. The molecule has 3 rings (SSSR count). The molecule has 1 unspecified atom stereocenters.